The minimum atomic E-state index is -0.507. The summed E-state index contributed by atoms with van der Waals surface area (Å²) in [6.45, 7) is 2.30. The largest absolute Gasteiger partial charge is 0.478 e. The molecule has 1 rings (SSSR count). The van der Waals surface area contributed by atoms with E-state index in [1.807, 2.05) is 6.92 Å². The molecule has 0 aromatic carbocycles. The molecule has 0 aliphatic rings. The molecule has 0 unspecified atom stereocenters. The Morgan fingerprint density at radius 2 is 2.46 bits per heavy atom. The third-order valence-electron chi connectivity index (χ3n) is 1.30. The molecule has 5 nitrogen and oxygen atoms in total. The van der Waals surface area contributed by atoms with Crippen molar-refractivity contribution in [3.63, 3.8) is 0 Å². The summed E-state index contributed by atoms with van der Waals surface area (Å²) in [7, 11) is 0. The van der Waals surface area contributed by atoms with Gasteiger partial charge in [0.25, 0.3) is 0 Å². The van der Waals surface area contributed by atoms with Gasteiger partial charge in [-0.05, 0) is 22.9 Å². The monoisotopic (exact) mass is 246 g/mol. The summed E-state index contributed by atoms with van der Waals surface area (Å²) in [5.41, 5.74) is -0.0662. The zero-order valence-electron chi connectivity index (χ0n) is 6.86. The zero-order valence-corrected chi connectivity index (χ0v) is 8.44. The lowest BCUT2D eigenvalue weighted by atomic mass is 10.4. The summed E-state index contributed by atoms with van der Waals surface area (Å²) in [6.07, 6.45) is 1.16. The van der Waals surface area contributed by atoms with Gasteiger partial charge in [-0.15, -0.1) is 0 Å². The molecule has 0 bridgehead atoms. The number of rotatable bonds is 3. The van der Waals surface area contributed by atoms with Crippen molar-refractivity contribution in [2.75, 3.05) is 6.61 Å². The van der Waals surface area contributed by atoms with Crippen LogP contribution in [0.4, 0.5) is 5.69 Å². The minimum absolute atomic E-state index is 0.0662. The number of nitrogens with zero attached hydrogens (tertiary/aromatic N) is 2. The summed E-state index contributed by atoms with van der Waals surface area (Å²) in [6, 6.07) is 1.47. The summed E-state index contributed by atoms with van der Waals surface area (Å²) in [4.78, 5) is 13.6. The second kappa shape index (κ2) is 4.18. The molecule has 0 aliphatic carbocycles. The van der Waals surface area contributed by atoms with Crippen LogP contribution in [0.1, 0.15) is 6.92 Å². The topological polar surface area (TPSA) is 65.3 Å². The van der Waals surface area contributed by atoms with E-state index in [9.17, 15) is 10.1 Å². The Kier molecular flexibility index (Phi) is 3.18. The first-order valence-corrected chi connectivity index (χ1v) is 4.37. The lowest BCUT2D eigenvalue weighted by molar-refractivity contribution is -0.386. The van der Waals surface area contributed by atoms with Gasteiger partial charge in [0.05, 0.1) is 11.5 Å². The maximum absolute atomic E-state index is 10.4. The first kappa shape index (κ1) is 9.91. The van der Waals surface area contributed by atoms with E-state index in [2.05, 4.69) is 20.9 Å². The number of pyridine rings is 1. The van der Waals surface area contributed by atoms with Crippen LogP contribution in [0.15, 0.2) is 16.7 Å². The summed E-state index contributed by atoms with van der Waals surface area (Å²) >= 11 is 3.06. The molecule has 0 saturated carbocycles. The van der Waals surface area contributed by atoms with Crippen molar-refractivity contribution >= 4 is 21.6 Å². The molecule has 13 heavy (non-hydrogen) atoms. The lowest BCUT2D eigenvalue weighted by Crippen LogP contribution is -1.96. The predicted octanol–water partition coefficient (Wildman–Crippen LogP) is 2.15. The number of nitro groups is 1. The number of hydrogen-bond donors (Lipinski definition) is 0. The van der Waals surface area contributed by atoms with Crippen LogP contribution in [0.3, 0.4) is 0 Å². The van der Waals surface area contributed by atoms with Gasteiger partial charge in [-0.25, -0.2) is 4.98 Å². The zero-order chi connectivity index (χ0) is 9.84. The molecule has 0 fully saturated rings. The van der Waals surface area contributed by atoms with Gasteiger partial charge >= 0.3 is 5.69 Å². The Hall–Kier alpha value is -1.17. The molecular weight excluding hydrogens is 240 g/mol. The normalized spacial score (nSPS) is 9.69. The molecule has 1 heterocycles. The van der Waals surface area contributed by atoms with Gasteiger partial charge in [0.2, 0.25) is 5.88 Å². The fourth-order valence-corrected chi connectivity index (χ4v) is 1.21. The SMILES string of the molecule is CCOc1cc(Br)c([N+](=O)[O-])cn1. The van der Waals surface area contributed by atoms with E-state index in [1.165, 1.54) is 6.07 Å². The molecule has 0 N–H and O–H groups in total. The van der Waals surface area contributed by atoms with Crippen LogP contribution < -0.4 is 4.74 Å². The van der Waals surface area contributed by atoms with Crippen LogP contribution in [0.2, 0.25) is 0 Å². The lowest BCUT2D eigenvalue weighted by Gasteiger charge is -2.01. The Labute approximate surface area is 83.0 Å². The van der Waals surface area contributed by atoms with Gasteiger partial charge < -0.3 is 4.74 Å². The second-order valence-corrected chi connectivity index (χ2v) is 3.02. The predicted molar refractivity (Wildman–Crippen MR) is 49.8 cm³/mol. The highest BCUT2D eigenvalue weighted by molar-refractivity contribution is 9.10. The standard InChI is InChI=1S/C7H7BrN2O3/c1-2-13-7-3-5(8)6(4-9-7)10(11)12/h3-4H,2H2,1H3. The quantitative estimate of drug-likeness (QED) is 0.606. The average Bonchev–Trinajstić information content (AvgIpc) is 2.04. The third-order valence-corrected chi connectivity index (χ3v) is 1.93. The summed E-state index contributed by atoms with van der Waals surface area (Å²) in [5, 5.41) is 10.4. The van der Waals surface area contributed by atoms with Gasteiger partial charge in [-0.2, -0.15) is 0 Å². The van der Waals surface area contributed by atoms with E-state index in [0.29, 0.717) is 17.0 Å². The Morgan fingerprint density at radius 1 is 1.77 bits per heavy atom. The fourth-order valence-electron chi connectivity index (χ4n) is 0.767. The first-order chi connectivity index (χ1) is 6.15. The highest BCUT2D eigenvalue weighted by Crippen LogP contribution is 2.26. The molecule has 6 heteroatoms. The average molecular weight is 247 g/mol. The molecule has 0 radical (unpaired) electrons. The molecule has 0 spiro atoms. The maximum atomic E-state index is 10.4. The van der Waals surface area contributed by atoms with Crippen molar-refractivity contribution in [3.8, 4) is 5.88 Å². The fraction of sp³-hybridized carbons (Fsp3) is 0.286. The minimum Gasteiger partial charge on any atom is -0.478 e. The van der Waals surface area contributed by atoms with Gasteiger partial charge in [0.1, 0.15) is 10.7 Å². The first-order valence-electron chi connectivity index (χ1n) is 3.58. The highest BCUT2D eigenvalue weighted by atomic mass is 79.9. The van der Waals surface area contributed by atoms with Crippen LogP contribution in [0.5, 0.6) is 5.88 Å². The molecular formula is C7H7BrN2O3. The van der Waals surface area contributed by atoms with Gasteiger partial charge in [0, 0.05) is 6.07 Å². The van der Waals surface area contributed by atoms with Gasteiger partial charge in [-0.3, -0.25) is 10.1 Å². The molecule has 0 saturated heterocycles. The van der Waals surface area contributed by atoms with Crippen molar-refractivity contribution in [3.05, 3.63) is 26.9 Å². The van der Waals surface area contributed by atoms with E-state index in [-0.39, 0.29) is 5.69 Å². The molecule has 0 aliphatic heterocycles. The molecule has 0 atom stereocenters. The summed E-state index contributed by atoms with van der Waals surface area (Å²) < 4.78 is 5.43. The summed E-state index contributed by atoms with van der Waals surface area (Å²) in [5.74, 6) is 0.375. The number of halogens is 1. The van der Waals surface area contributed by atoms with Crippen LogP contribution in [0, 0.1) is 10.1 Å². The van der Waals surface area contributed by atoms with Crippen molar-refractivity contribution in [2.24, 2.45) is 0 Å². The highest BCUT2D eigenvalue weighted by Gasteiger charge is 2.12. The molecule has 1 aromatic heterocycles. The molecule has 1 aromatic rings. The van der Waals surface area contributed by atoms with E-state index in [1.54, 1.807) is 0 Å². The van der Waals surface area contributed by atoms with Crippen molar-refractivity contribution in [1.82, 2.24) is 4.98 Å². The number of ether oxygens (including phenoxy) is 1. The number of hydrogen-bond acceptors (Lipinski definition) is 4. The van der Waals surface area contributed by atoms with Crippen molar-refractivity contribution in [1.29, 1.82) is 0 Å². The smallest absolute Gasteiger partial charge is 0.301 e. The van der Waals surface area contributed by atoms with Crippen LogP contribution in [-0.4, -0.2) is 16.5 Å². The van der Waals surface area contributed by atoms with Gasteiger partial charge in [0.15, 0.2) is 0 Å². The number of aromatic nitrogens is 1. The van der Waals surface area contributed by atoms with Gasteiger partial charge in [-0.1, -0.05) is 0 Å². The van der Waals surface area contributed by atoms with Crippen molar-refractivity contribution < 1.29 is 9.66 Å². The molecule has 0 amide bonds. The van der Waals surface area contributed by atoms with E-state index >= 15 is 0 Å². The van der Waals surface area contributed by atoms with E-state index in [4.69, 9.17) is 4.74 Å². The Morgan fingerprint density at radius 3 is 2.92 bits per heavy atom. The Balaban J connectivity index is 2.98. The van der Waals surface area contributed by atoms with E-state index < -0.39 is 4.92 Å². The van der Waals surface area contributed by atoms with Crippen molar-refractivity contribution in [2.45, 2.75) is 6.92 Å². The molecule has 70 valence electrons. The van der Waals surface area contributed by atoms with E-state index in [0.717, 1.165) is 6.20 Å². The second-order valence-electron chi connectivity index (χ2n) is 2.16. The Bertz CT molecular complexity index is 330. The third kappa shape index (κ3) is 2.38. The van der Waals surface area contributed by atoms with Crippen LogP contribution >= 0.6 is 15.9 Å². The van der Waals surface area contributed by atoms with Crippen LogP contribution in [0.25, 0.3) is 0 Å². The maximum Gasteiger partial charge on any atom is 0.301 e. The van der Waals surface area contributed by atoms with Crippen LogP contribution in [-0.2, 0) is 0 Å².